The average Bonchev–Trinajstić information content (AvgIpc) is 3.27. The third-order valence-electron chi connectivity index (χ3n) is 4.79. The predicted molar refractivity (Wildman–Crippen MR) is 114 cm³/mol. The summed E-state index contributed by atoms with van der Waals surface area (Å²) >= 11 is 0. The van der Waals surface area contributed by atoms with Crippen LogP contribution in [0, 0.1) is 0 Å². The molecule has 2 N–H and O–H groups in total. The Labute approximate surface area is 176 Å². The van der Waals surface area contributed by atoms with Crippen molar-refractivity contribution in [1.82, 2.24) is 14.6 Å². The molecule has 1 aromatic carbocycles. The SMILES string of the molecule is CN(C)S(=O)(=O)c1ccc(N2CCCC2)c(C(=O)NCC(=O)Nc2cccnc2)c1. The van der Waals surface area contributed by atoms with Crippen molar-refractivity contribution in [3.63, 3.8) is 0 Å². The van der Waals surface area contributed by atoms with Crippen LogP contribution in [0.1, 0.15) is 23.2 Å². The quantitative estimate of drug-likeness (QED) is 0.684. The van der Waals surface area contributed by atoms with Gasteiger partial charge in [-0.25, -0.2) is 12.7 Å². The first-order valence-corrected chi connectivity index (χ1v) is 11.0. The Morgan fingerprint density at radius 2 is 1.90 bits per heavy atom. The third kappa shape index (κ3) is 4.95. The Morgan fingerprint density at radius 3 is 2.53 bits per heavy atom. The van der Waals surface area contributed by atoms with Crippen LogP contribution in [0.5, 0.6) is 0 Å². The van der Waals surface area contributed by atoms with Gasteiger partial charge < -0.3 is 15.5 Å². The van der Waals surface area contributed by atoms with Gasteiger partial charge in [0, 0.05) is 39.1 Å². The summed E-state index contributed by atoms with van der Waals surface area (Å²) in [7, 11) is -0.823. The van der Waals surface area contributed by atoms with E-state index in [-0.39, 0.29) is 17.0 Å². The number of rotatable bonds is 7. The molecule has 10 heteroatoms. The first-order valence-electron chi connectivity index (χ1n) is 9.58. The molecule has 1 aliphatic heterocycles. The highest BCUT2D eigenvalue weighted by Crippen LogP contribution is 2.28. The zero-order valence-corrected chi connectivity index (χ0v) is 17.8. The number of aromatic nitrogens is 1. The number of carbonyl (C=O) groups is 2. The normalized spacial score (nSPS) is 14.0. The minimum atomic E-state index is -3.70. The number of pyridine rings is 1. The Hall–Kier alpha value is -2.98. The second kappa shape index (κ2) is 9.23. The number of hydrogen-bond acceptors (Lipinski definition) is 6. The van der Waals surface area contributed by atoms with Crippen LogP contribution in [0.15, 0.2) is 47.6 Å². The van der Waals surface area contributed by atoms with E-state index in [1.807, 2.05) is 0 Å². The maximum atomic E-state index is 12.9. The first kappa shape index (κ1) is 21.7. The largest absolute Gasteiger partial charge is 0.371 e. The van der Waals surface area contributed by atoms with Crippen LogP contribution >= 0.6 is 0 Å². The number of benzene rings is 1. The molecule has 1 fully saturated rings. The molecule has 0 unspecified atom stereocenters. The third-order valence-corrected chi connectivity index (χ3v) is 6.60. The minimum Gasteiger partial charge on any atom is -0.371 e. The highest BCUT2D eigenvalue weighted by molar-refractivity contribution is 7.89. The lowest BCUT2D eigenvalue weighted by molar-refractivity contribution is -0.115. The molecule has 1 aromatic heterocycles. The molecule has 2 heterocycles. The van der Waals surface area contributed by atoms with Crippen LogP contribution in [0.25, 0.3) is 0 Å². The summed E-state index contributed by atoms with van der Waals surface area (Å²) in [4.78, 5) is 31.0. The number of sulfonamides is 1. The Bertz CT molecular complexity index is 1020. The van der Waals surface area contributed by atoms with Gasteiger partial charge in [-0.2, -0.15) is 0 Å². The number of anilines is 2. The number of carbonyl (C=O) groups excluding carboxylic acids is 2. The summed E-state index contributed by atoms with van der Waals surface area (Å²) in [6.07, 6.45) is 5.10. The van der Waals surface area contributed by atoms with Crippen molar-refractivity contribution >= 4 is 33.2 Å². The van der Waals surface area contributed by atoms with Crippen LogP contribution in [0.2, 0.25) is 0 Å². The lowest BCUT2D eigenvalue weighted by atomic mass is 10.1. The standard InChI is InChI=1S/C20H25N5O4S/c1-24(2)30(28,29)16-7-8-18(25-10-3-4-11-25)17(12-16)20(27)22-14-19(26)23-15-6-5-9-21-13-15/h5-9,12-13H,3-4,10-11,14H2,1-2H3,(H,22,27)(H,23,26). The molecule has 160 valence electrons. The van der Waals surface area contributed by atoms with Crippen molar-refractivity contribution in [2.75, 3.05) is 43.9 Å². The van der Waals surface area contributed by atoms with Crippen LogP contribution in [-0.2, 0) is 14.8 Å². The first-order chi connectivity index (χ1) is 14.3. The molecule has 0 spiro atoms. The predicted octanol–water partition coefficient (Wildman–Crippen LogP) is 1.30. The van der Waals surface area contributed by atoms with Gasteiger partial charge in [-0.3, -0.25) is 14.6 Å². The maximum absolute atomic E-state index is 12.9. The maximum Gasteiger partial charge on any atom is 0.253 e. The van der Waals surface area contributed by atoms with Crippen molar-refractivity contribution in [2.45, 2.75) is 17.7 Å². The zero-order chi connectivity index (χ0) is 21.7. The highest BCUT2D eigenvalue weighted by Gasteiger charge is 2.24. The smallest absolute Gasteiger partial charge is 0.253 e. The van der Waals surface area contributed by atoms with Gasteiger partial charge in [-0.1, -0.05) is 0 Å². The summed E-state index contributed by atoms with van der Waals surface area (Å²) < 4.78 is 26.1. The molecule has 3 rings (SSSR count). The molecule has 2 aromatic rings. The highest BCUT2D eigenvalue weighted by atomic mass is 32.2. The van der Waals surface area contributed by atoms with E-state index < -0.39 is 21.8 Å². The van der Waals surface area contributed by atoms with Gasteiger partial charge in [0.15, 0.2) is 0 Å². The van der Waals surface area contributed by atoms with Crippen molar-refractivity contribution < 1.29 is 18.0 Å². The second-order valence-electron chi connectivity index (χ2n) is 7.13. The fourth-order valence-corrected chi connectivity index (χ4v) is 4.13. The van der Waals surface area contributed by atoms with E-state index in [0.717, 1.165) is 30.2 Å². The molecule has 30 heavy (non-hydrogen) atoms. The van der Waals surface area contributed by atoms with Gasteiger partial charge in [0.25, 0.3) is 5.91 Å². The minimum absolute atomic E-state index is 0.0282. The number of amides is 2. The second-order valence-corrected chi connectivity index (χ2v) is 9.28. The summed E-state index contributed by atoms with van der Waals surface area (Å²) in [6.45, 7) is 1.33. The topological polar surface area (TPSA) is 112 Å². The Balaban J connectivity index is 1.80. The van der Waals surface area contributed by atoms with E-state index in [2.05, 4.69) is 20.5 Å². The average molecular weight is 432 g/mol. The number of nitrogens with zero attached hydrogens (tertiary/aromatic N) is 3. The molecule has 0 atom stereocenters. The molecule has 0 aliphatic carbocycles. The molecule has 1 saturated heterocycles. The van der Waals surface area contributed by atoms with Gasteiger partial charge in [0.05, 0.1) is 28.9 Å². The van der Waals surface area contributed by atoms with Crippen molar-refractivity contribution in [1.29, 1.82) is 0 Å². The lowest BCUT2D eigenvalue weighted by Crippen LogP contribution is -2.34. The Morgan fingerprint density at radius 1 is 1.17 bits per heavy atom. The van der Waals surface area contributed by atoms with Crippen LogP contribution in [-0.4, -0.2) is 63.3 Å². The summed E-state index contributed by atoms with van der Waals surface area (Å²) in [5.74, 6) is -0.912. The van der Waals surface area contributed by atoms with Crippen molar-refractivity contribution in [3.8, 4) is 0 Å². The monoisotopic (exact) mass is 431 g/mol. The molecule has 2 amide bonds. The van der Waals surface area contributed by atoms with Gasteiger partial charge in [-0.05, 0) is 43.2 Å². The molecule has 0 bridgehead atoms. The number of nitrogens with one attached hydrogen (secondary N) is 2. The lowest BCUT2D eigenvalue weighted by Gasteiger charge is -2.22. The fourth-order valence-electron chi connectivity index (χ4n) is 3.20. The molecule has 1 aliphatic rings. The van der Waals surface area contributed by atoms with Crippen LogP contribution < -0.4 is 15.5 Å². The molecule has 0 radical (unpaired) electrons. The van der Waals surface area contributed by atoms with E-state index in [1.54, 1.807) is 24.4 Å². The Kier molecular flexibility index (Phi) is 6.68. The number of hydrogen-bond donors (Lipinski definition) is 2. The van der Waals surface area contributed by atoms with Gasteiger partial charge in [0.1, 0.15) is 0 Å². The van der Waals surface area contributed by atoms with Crippen molar-refractivity contribution in [2.24, 2.45) is 0 Å². The molecule has 9 nitrogen and oxygen atoms in total. The van der Waals surface area contributed by atoms with Gasteiger partial charge >= 0.3 is 0 Å². The molecular weight excluding hydrogens is 406 g/mol. The van der Waals surface area contributed by atoms with Gasteiger partial charge in [-0.15, -0.1) is 0 Å². The molecule has 0 saturated carbocycles. The van der Waals surface area contributed by atoms with E-state index in [1.165, 1.54) is 32.4 Å². The zero-order valence-electron chi connectivity index (χ0n) is 17.0. The van der Waals surface area contributed by atoms with E-state index in [4.69, 9.17) is 0 Å². The summed E-state index contributed by atoms with van der Waals surface area (Å²) in [5.41, 5.74) is 1.41. The van der Waals surface area contributed by atoms with E-state index in [9.17, 15) is 18.0 Å². The summed E-state index contributed by atoms with van der Waals surface area (Å²) in [6, 6.07) is 7.92. The molecular formula is C20H25N5O4S. The van der Waals surface area contributed by atoms with Crippen LogP contribution in [0.3, 0.4) is 0 Å². The van der Waals surface area contributed by atoms with Crippen LogP contribution in [0.4, 0.5) is 11.4 Å². The van der Waals surface area contributed by atoms with E-state index in [0.29, 0.717) is 11.4 Å². The fraction of sp³-hybridized carbons (Fsp3) is 0.350. The van der Waals surface area contributed by atoms with Crippen molar-refractivity contribution in [3.05, 3.63) is 48.3 Å². The van der Waals surface area contributed by atoms with E-state index >= 15 is 0 Å². The summed E-state index contributed by atoms with van der Waals surface area (Å²) in [5, 5.41) is 5.22. The van der Waals surface area contributed by atoms with Gasteiger partial charge in [0.2, 0.25) is 15.9 Å².